The predicted octanol–water partition coefficient (Wildman–Crippen LogP) is 5.69. The van der Waals surface area contributed by atoms with Crippen LogP contribution in [0.3, 0.4) is 0 Å². The Hall–Kier alpha value is -1.55. The number of rotatable bonds is 2. The Balaban J connectivity index is 1.26. The average molecular weight is 425 g/mol. The Morgan fingerprint density at radius 2 is 1.94 bits per heavy atom. The lowest BCUT2D eigenvalue weighted by molar-refractivity contribution is -0.163. The SMILES string of the molecule is C=C1C=CC([C@H]2C[C@H]3O[C@]34[C@@H]3CC[C@@H]5C[C@@H](OC(C)=O)CC[C@]5(C)[C@H]3CC[C@]24C)=CO1. The highest BCUT2D eigenvalue weighted by Crippen LogP contribution is 2.77. The maximum absolute atomic E-state index is 11.5. The van der Waals surface area contributed by atoms with Crippen molar-refractivity contribution in [3.8, 4) is 0 Å². The molecule has 4 heteroatoms. The highest BCUT2D eigenvalue weighted by atomic mass is 16.6. The molecule has 4 aliphatic carbocycles. The number of carbonyl (C=O) groups is 1. The fraction of sp³-hybridized carbons (Fsp3) is 0.741. The quantitative estimate of drug-likeness (QED) is 0.422. The third-order valence-corrected chi connectivity index (χ3v) is 10.6. The summed E-state index contributed by atoms with van der Waals surface area (Å²) in [5.41, 5.74) is 1.93. The van der Waals surface area contributed by atoms with Crippen molar-refractivity contribution in [1.82, 2.24) is 0 Å². The second-order valence-corrected chi connectivity index (χ2v) is 11.7. The van der Waals surface area contributed by atoms with E-state index in [1.165, 1.54) is 37.7 Å². The summed E-state index contributed by atoms with van der Waals surface area (Å²) in [6.45, 7) is 10.5. The molecule has 168 valence electrons. The molecule has 0 unspecified atom stereocenters. The molecule has 1 saturated heterocycles. The molecule has 31 heavy (non-hydrogen) atoms. The number of fused-ring (bicyclic) bond motifs is 3. The lowest BCUT2D eigenvalue weighted by Gasteiger charge is -2.61. The highest BCUT2D eigenvalue weighted by molar-refractivity contribution is 5.66. The molecule has 4 saturated carbocycles. The van der Waals surface area contributed by atoms with Gasteiger partial charge in [-0.1, -0.05) is 26.5 Å². The molecule has 6 rings (SSSR count). The third kappa shape index (κ3) is 2.60. The molecular formula is C27H36O4. The molecule has 0 radical (unpaired) electrons. The van der Waals surface area contributed by atoms with Crippen LogP contribution >= 0.6 is 0 Å². The Morgan fingerprint density at radius 3 is 2.68 bits per heavy atom. The minimum atomic E-state index is -0.126. The topological polar surface area (TPSA) is 48.1 Å². The molecular weight excluding hydrogens is 388 g/mol. The second-order valence-electron chi connectivity index (χ2n) is 11.7. The molecule has 6 aliphatic rings. The molecule has 0 aromatic carbocycles. The molecule has 5 fully saturated rings. The fourth-order valence-electron chi connectivity index (χ4n) is 9.11. The van der Waals surface area contributed by atoms with Gasteiger partial charge in [0.05, 0.1) is 12.4 Å². The molecule has 9 atom stereocenters. The van der Waals surface area contributed by atoms with Crippen molar-refractivity contribution < 1.29 is 19.0 Å². The molecule has 0 aromatic heterocycles. The molecule has 4 nitrogen and oxygen atoms in total. The van der Waals surface area contributed by atoms with Crippen molar-refractivity contribution in [2.24, 2.45) is 34.5 Å². The van der Waals surface area contributed by atoms with E-state index in [1.54, 1.807) is 6.92 Å². The van der Waals surface area contributed by atoms with E-state index in [2.05, 4.69) is 26.5 Å². The summed E-state index contributed by atoms with van der Waals surface area (Å²) in [7, 11) is 0. The number of carbonyl (C=O) groups excluding carboxylic acids is 1. The van der Waals surface area contributed by atoms with Crippen LogP contribution in [0.1, 0.15) is 72.1 Å². The molecule has 0 aromatic rings. The zero-order chi connectivity index (χ0) is 21.6. The molecule has 1 spiro atoms. The summed E-state index contributed by atoms with van der Waals surface area (Å²) in [5, 5.41) is 0. The zero-order valence-corrected chi connectivity index (χ0v) is 19.2. The fourth-order valence-corrected chi connectivity index (χ4v) is 9.11. The smallest absolute Gasteiger partial charge is 0.302 e. The number of esters is 1. The van der Waals surface area contributed by atoms with Crippen LogP contribution in [0.15, 0.2) is 36.3 Å². The molecule has 0 amide bonds. The van der Waals surface area contributed by atoms with Gasteiger partial charge >= 0.3 is 5.97 Å². The highest BCUT2D eigenvalue weighted by Gasteiger charge is 2.80. The van der Waals surface area contributed by atoms with Crippen molar-refractivity contribution >= 4 is 5.97 Å². The Labute approximate surface area is 186 Å². The van der Waals surface area contributed by atoms with Crippen LogP contribution in [0.4, 0.5) is 0 Å². The summed E-state index contributed by atoms with van der Waals surface area (Å²) >= 11 is 0. The van der Waals surface area contributed by atoms with E-state index in [9.17, 15) is 4.79 Å². The predicted molar refractivity (Wildman–Crippen MR) is 118 cm³/mol. The lowest BCUT2D eigenvalue weighted by Crippen LogP contribution is -2.58. The van der Waals surface area contributed by atoms with Gasteiger partial charge in [-0.2, -0.15) is 0 Å². The molecule has 2 heterocycles. The molecule has 2 aliphatic heterocycles. The van der Waals surface area contributed by atoms with E-state index in [-0.39, 0.29) is 23.1 Å². The van der Waals surface area contributed by atoms with Gasteiger partial charge in [0.2, 0.25) is 0 Å². The zero-order valence-electron chi connectivity index (χ0n) is 19.2. The van der Waals surface area contributed by atoms with Crippen LogP contribution in [-0.2, 0) is 19.0 Å². The van der Waals surface area contributed by atoms with Crippen molar-refractivity contribution in [2.75, 3.05) is 0 Å². The molecule has 0 N–H and O–H groups in total. The summed E-state index contributed by atoms with van der Waals surface area (Å²) in [6, 6.07) is 0. The monoisotopic (exact) mass is 424 g/mol. The van der Waals surface area contributed by atoms with Gasteiger partial charge in [-0.15, -0.1) is 0 Å². The van der Waals surface area contributed by atoms with Crippen molar-refractivity contribution in [1.29, 1.82) is 0 Å². The maximum atomic E-state index is 11.5. The number of hydrogen-bond acceptors (Lipinski definition) is 4. The summed E-state index contributed by atoms with van der Waals surface area (Å²) in [5.74, 6) is 3.18. The van der Waals surface area contributed by atoms with E-state index in [0.29, 0.717) is 29.3 Å². The van der Waals surface area contributed by atoms with Crippen molar-refractivity contribution in [3.63, 3.8) is 0 Å². The van der Waals surface area contributed by atoms with Crippen LogP contribution < -0.4 is 0 Å². The van der Waals surface area contributed by atoms with E-state index < -0.39 is 0 Å². The minimum Gasteiger partial charge on any atom is -0.465 e. The molecule has 0 bridgehead atoms. The van der Waals surface area contributed by atoms with Gasteiger partial charge < -0.3 is 14.2 Å². The Kier molecular flexibility index (Phi) is 4.21. The van der Waals surface area contributed by atoms with Gasteiger partial charge in [-0.25, -0.2) is 0 Å². The number of ether oxygens (including phenoxy) is 3. The van der Waals surface area contributed by atoms with Gasteiger partial charge in [0.15, 0.2) is 0 Å². The third-order valence-electron chi connectivity index (χ3n) is 10.6. The first kappa shape index (κ1) is 20.1. The van der Waals surface area contributed by atoms with Gasteiger partial charge in [0, 0.05) is 12.3 Å². The van der Waals surface area contributed by atoms with Gasteiger partial charge in [-0.3, -0.25) is 4.79 Å². The van der Waals surface area contributed by atoms with Crippen LogP contribution in [-0.4, -0.2) is 23.8 Å². The Morgan fingerprint density at radius 1 is 1.10 bits per heavy atom. The second kappa shape index (κ2) is 6.50. The summed E-state index contributed by atoms with van der Waals surface area (Å²) < 4.78 is 18.0. The van der Waals surface area contributed by atoms with Crippen molar-refractivity contribution in [2.45, 2.75) is 89.9 Å². The summed E-state index contributed by atoms with van der Waals surface area (Å²) in [6.07, 6.45) is 16.1. The van der Waals surface area contributed by atoms with E-state index in [1.807, 2.05) is 12.3 Å². The minimum absolute atomic E-state index is 0.0600. The first-order chi connectivity index (χ1) is 14.8. The number of allylic oxidation sites excluding steroid dienone is 3. The Bertz CT molecular complexity index is 888. The van der Waals surface area contributed by atoms with Gasteiger partial charge in [-0.05, 0) is 92.1 Å². The largest absolute Gasteiger partial charge is 0.465 e. The van der Waals surface area contributed by atoms with Crippen LogP contribution in [0.5, 0.6) is 0 Å². The van der Waals surface area contributed by atoms with Crippen molar-refractivity contribution in [3.05, 3.63) is 36.3 Å². The lowest BCUT2D eigenvalue weighted by atomic mass is 9.44. The average Bonchev–Trinajstić information content (AvgIpc) is 3.39. The first-order valence-electron chi connectivity index (χ1n) is 12.4. The first-order valence-corrected chi connectivity index (χ1v) is 12.4. The van der Waals surface area contributed by atoms with E-state index in [0.717, 1.165) is 30.9 Å². The van der Waals surface area contributed by atoms with Crippen LogP contribution in [0.2, 0.25) is 0 Å². The van der Waals surface area contributed by atoms with Gasteiger partial charge in [0.1, 0.15) is 17.5 Å². The summed E-state index contributed by atoms with van der Waals surface area (Å²) in [4.78, 5) is 11.5. The maximum Gasteiger partial charge on any atom is 0.302 e. The normalized spacial score (nSPS) is 52.1. The number of epoxide rings is 1. The van der Waals surface area contributed by atoms with Crippen LogP contribution in [0.25, 0.3) is 0 Å². The van der Waals surface area contributed by atoms with E-state index >= 15 is 0 Å². The van der Waals surface area contributed by atoms with E-state index in [4.69, 9.17) is 14.2 Å². The standard InChI is InChI=1S/C27H36O4/c1-16-5-6-18(15-29-16)23-14-24-27(31-24)22-8-7-19-13-20(30-17(2)28)9-11-25(19,3)21(22)10-12-26(23,27)4/h5-6,15,19-24H,1,7-14H2,2-4H3/t19-,20+,21+,22-,23-,24-,25+,26-,27-/m1/s1. The van der Waals surface area contributed by atoms with Crippen LogP contribution in [0, 0.1) is 34.5 Å². The number of hydrogen-bond donors (Lipinski definition) is 0. The van der Waals surface area contributed by atoms with Gasteiger partial charge in [0.25, 0.3) is 0 Å².